The summed E-state index contributed by atoms with van der Waals surface area (Å²) in [7, 11) is 0. The van der Waals surface area contributed by atoms with E-state index >= 15 is 0 Å². The number of anilines is 1. The van der Waals surface area contributed by atoms with Gasteiger partial charge in [0.1, 0.15) is 5.01 Å². The van der Waals surface area contributed by atoms with E-state index in [1.54, 1.807) is 0 Å². The van der Waals surface area contributed by atoms with Gasteiger partial charge in [-0.3, -0.25) is 9.20 Å². The molecule has 1 amide bonds. The molecule has 0 aliphatic rings. The predicted octanol–water partition coefficient (Wildman–Crippen LogP) is 3.97. The maximum absolute atomic E-state index is 12.3. The lowest BCUT2D eigenvalue weighted by molar-refractivity contribution is -0.115. The number of nitrogens with zero attached hydrogens (tertiary/aromatic N) is 4. The monoisotopic (exact) mass is 383 g/mol. The molecule has 6 nitrogen and oxygen atoms in total. The highest BCUT2D eigenvalue weighted by Gasteiger charge is 2.14. The van der Waals surface area contributed by atoms with Gasteiger partial charge in [-0.25, -0.2) is 4.98 Å². The molecule has 4 rings (SSSR count). The molecule has 0 atom stereocenters. The highest BCUT2D eigenvalue weighted by molar-refractivity contribution is 7.15. The number of carbonyl (C=O) groups is 1. The number of imidazole rings is 1. The normalized spacial score (nSPS) is 11.2. The Bertz CT molecular complexity index is 1060. The second kappa shape index (κ2) is 6.97. The fourth-order valence-electron chi connectivity index (χ4n) is 2.68. The minimum absolute atomic E-state index is 0.108. The van der Waals surface area contributed by atoms with Crippen LogP contribution >= 0.6 is 22.7 Å². The molecule has 0 fully saturated rings. The Morgan fingerprint density at radius 3 is 2.73 bits per heavy atom. The smallest absolute Gasteiger partial charge is 0.232 e. The van der Waals surface area contributed by atoms with Crippen LogP contribution in [-0.4, -0.2) is 25.5 Å². The molecule has 0 saturated heterocycles. The van der Waals surface area contributed by atoms with Crippen molar-refractivity contribution in [3.63, 3.8) is 0 Å². The van der Waals surface area contributed by atoms with Crippen LogP contribution in [0.4, 0.5) is 5.13 Å². The zero-order valence-corrected chi connectivity index (χ0v) is 16.0. The second-order valence-corrected chi connectivity index (χ2v) is 7.93. The summed E-state index contributed by atoms with van der Waals surface area (Å²) < 4.78 is 1.98. The average Bonchev–Trinajstić information content (AvgIpc) is 3.33. The summed E-state index contributed by atoms with van der Waals surface area (Å²) in [5, 5.41) is 13.9. The van der Waals surface area contributed by atoms with E-state index in [1.165, 1.54) is 28.2 Å². The lowest BCUT2D eigenvalue weighted by Gasteiger charge is -2.01. The Morgan fingerprint density at radius 2 is 2.04 bits per heavy atom. The number of fused-ring (bicyclic) bond motifs is 1. The molecular weight excluding hydrogens is 366 g/mol. The first-order valence-corrected chi connectivity index (χ1v) is 9.96. The van der Waals surface area contributed by atoms with Crippen molar-refractivity contribution in [3.8, 4) is 11.3 Å². The molecule has 0 bridgehead atoms. The van der Waals surface area contributed by atoms with Crippen LogP contribution < -0.4 is 5.32 Å². The van der Waals surface area contributed by atoms with Crippen molar-refractivity contribution in [2.75, 3.05) is 5.32 Å². The fraction of sp³-hybridized carbons (Fsp3) is 0.222. The molecular formula is C18H17N5OS2. The first-order chi connectivity index (χ1) is 12.6. The Labute approximate surface area is 158 Å². The molecule has 132 valence electrons. The number of aryl methyl sites for hydroxylation is 2. The van der Waals surface area contributed by atoms with Crippen LogP contribution in [0.15, 0.2) is 35.8 Å². The molecule has 8 heteroatoms. The molecule has 3 heterocycles. The van der Waals surface area contributed by atoms with E-state index in [1.807, 2.05) is 22.9 Å². The predicted molar refractivity (Wildman–Crippen MR) is 105 cm³/mol. The average molecular weight is 384 g/mol. The van der Waals surface area contributed by atoms with Crippen LogP contribution in [0.25, 0.3) is 16.2 Å². The molecule has 3 aromatic heterocycles. The first-order valence-electron chi connectivity index (χ1n) is 8.27. The number of amides is 1. The summed E-state index contributed by atoms with van der Waals surface area (Å²) in [6.07, 6.45) is 3.28. The summed E-state index contributed by atoms with van der Waals surface area (Å²) in [5.41, 5.74) is 4.21. The van der Waals surface area contributed by atoms with Crippen molar-refractivity contribution in [3.05, 3.63) is 52.1 Å². The van der Waals surface area contributed by atoms with Gasteiger partial charge in [0.2, 0.25) is 11.0 Å². The van der Waals surface area contributed by atoms with Crippen LogP contribution in [0.2, 0.25) is 0 Å². The topological polar surface area (TPSA) is 72.2 Å². The molecule has 1 aromatic carbocycles. The maximum Gasteiger partial charge on any atom is 0.232 e. The largest absolute Gasteiger partial charge is 0.300 e. The van der Waals surface area contributed by atoms with Crippen LogP contribution in [0.3, 0.4) is 0 Å². The SMILES string of the molecule is CCc1ccc(-c2cn3c(CC(=O)Nc4nnc(C)s4)csc3n2)cc1. The Balaban J connectivity index is 1.54. The zero-order chi connectivity index (χ0) is 18.1. The third-order valence-corrected chi connectivity index (χ3v) is 5.70. The Kier molecular flexibility index (Phi) is 4.52. The van der Waals surface area contributed by atoms with Crippen molar-refractivity contribution < 1.29 is 4.79 Å². The van der Waals surface area contributed by atoms with Crippen molar-refractivity contribution in [1.29, 1.82) is 0 Å². The lowest BCUT2D eigenvalue weighted by atomic mass is 10.1. The van der Waals surface area contributed by atoms with Gasteiger partial charge in [-0.2, -0.15) is 0 Å². The minimum Gasteiger partial charge on any atom is -0.300 e. The number of benzene rings is 1. The van der Waals surface area contributed by atoms with Crippen molar-refractivity contribution in [1.82, 2.24) is 19.6 Å². The number of rotatable bonds is 5. The molecule has 0 radical (unpaired) electrons. The summed E-state index contributed by atoms with van der Waals surface area (Å²) in [4.78, 5) is 17.8. The number of aromatic nitrogens is 4. The first kappa shape index (κ1) is 16.9. The number of thiazole rings is 1. The van der Waals surface area contributed by atoms with E-state index in [2.05, 4.69) is 51.7 Å². The van der Waals surface area contributed by atoms with Crippen molar-refractivity contribution in [2.24, 2.45) is 0 Å². The quantitative estimate of drug-likeness (QED) is 0.566. The summed E-state index contributed by atoms with van der Waals surface area (Å²) in [6, 6.07) is 8.44. The van der Waals surface area contributed by atoms with E-state index in [0.717, 1.165) is 33.3 Å². The Hall–Kier alpha value is -2.58. The highest BCUT2D eigenvalue weighted by atomic mass is 32.1. The van der Waals surface area contributed by atoms with E-state index < -0.39 is 0 Å². The van der Waals surface area contributed by atoms with Gasteiger partial charge in [-0.15, -0.1) is 21.5 Å². The summed E-state index contributed by atoms with van der Waals surface area (Å²) in [5.74, 6) is -0.108. The van der Waals surface area contributed by atoms with Crippen LogP contribution in [0.1, 0.15) is 23.2 Å². The van der Waals surface area contributed by atoms with E-state index in [-0.39, 0.29) is 12.3 Å². The van der Waals surface area contributed by atoms with Crippen LogP contribution in [-0.2, 0) is 17.6 Å². The van der Waals surface area contributed by atoms with Gasteiger partial charge in [-0.1, -0.05) is 42.5 Å². The summed E-state index contributed by atoms with van der Waals surface area (Å²) in [6.45, 7) is 4.00. The van der Waals surface area contributed by atoms with E-state index in [0.29, 0.717) is 5.13 Å². The van der Waals surface area contributed by atoms with E-state index in [9.17, 15) is 4.79 Å². The zero-order valence-electron chi connectivity index (χ0n) is 14.4. The van der Waals surface area contributed by atoms with Gasteiger partial charge < -0.3 is 5.32 Å². The van der Waals surface area contributed by atoms with Crippen molar-refractivity contribution in [2.45, 2.75) is 26.7 Å². The van der Waals surface area contributed by atoms with Gasteiger partial charge in [0.15, 0.2) is 4.96 Å². The molecule has 0 aliphatic carbocycles. The molecule has 1 N–H and O–H groups in total. The Morgan fingerprint density at radius 1 is 1.23 bits per heavy atom. The summed E-state index contributed by atoms with van der Waals surface area (Å²) >= 11 is 2.90. The van der Waals surface area contributed by atoms with Crippen LogP contribution in [0, 0.1) is 6.92 Å². The van der Waals surface area contributed by atoms with Gasteiger partial charge in [0.25, 0.3) is 0 Å². The molecule has 0 aliphatic heterocycles. The number of hydrogen-bond donors (Lipinski definition) is 1. The van der Waals surface area contributed by atoms with E-state index in [4.69, 9.17) is 0 Å². The number of nitrogens with one attached hydrogen (secondary N) is 1. The fourth-order valence-corrected chi connectivity index (χ4v) is 4.16. The molecule has 0 unspecified atom stereocenters. The molecule has 0 saturated carbocycles. The minimum atomic E-state index is -0.108. The number of hydrogen-bond acceptors (Lipinski definition) is 6. The highest BCUT2D eigenvalue weighted by Crippen LogP contribution is 2.24. The third kappa shape index (κ3) is 3.38. The second-order valence-electron chi connectivity index (χ2n) is 5.91. The van der Waals surface area contributed by atoms with Crippen molar-refractivity contribution >= 4 is 38.7 Å². The number of carbonyl (C=O) groups excluding carboxylic acids is 1. The standard InChI is InChI=1S/C18H17N5OS2/c1-3-12-4-6-13(7-5-12)15-9-23-14(10-25-18(23)19-15)8-16(24)20-17-22-21-11(2)26-17/h4-7,9-10H,3,8H2,1-2H3,(H,20,22,24). The lowest BCUT2D eigenvalue weighted by Crippen LogP contribution is -2.15. The van der Waals surface area contributed by atoms with Gasteiger partial charge >= 0.3 is 0 Å². The molecule has 4 aromatic rings. The van der Waals surface area contributed by atoms with Crippen LogP contribution in [0.5, 0.6) is 0 Å². The van der Waals surface area contributed by atoms with Gasteiger partial charge in [0, 0.05) is 22.8 Å². The molecule has 0 spiro atoms. The third-order valence-electron chi connectivity index (χ3n) is 4.06. The van der Waals surface area contributed by atoms with Gasteiger partial charge in [-0.05, 0) is 18.9 Å². The van der Waals surface area contributed by atoms with Gasteiger partial charge in [0.05, 0.1) is 12.1 Å². The molecule has 26 heavy (non-hydrogen) atoms. The maximum atomic E-state index is 12.3.